The van der Waals surface area contributed by atoms with Gasteiger partial charge in [0.2, 0.25) is 0 Å². The molecule has 1 spiro atoms. The van der Waals surface area contributed by atoms with Gasteiger partial charge in [-0.25, -0.2) is 4.39 Å². The monoisotopic (exact) mass is 304 g/mol. The predicted octanol–water partition coefficient (Wildman–Crippen LogP) is 3.09. The number of hydrogen-bond acceptors (Lipinski definition) is 2. The Kier molecular flexibility index (Phi) is 4.72. The Morgan fingerprint density at radius 1 is 1.37 bits per heavy atom. The first-order chi connectivity index (χ1) is 8.67. The third-order valence-corrected chi connectivity index (χ3v) is 4.49. The quantitative estimate of drug-likeness (QED) is 0.903. The molecule has 2 aliphatic heterocycles. The fourth-order valence-corrected chi connectivity index (χ4v) is 3.36. The van der Waals surface area contributed by atoms with Crippen LogP contribution in [0.2, 0.25) is 5.02 Å². The van der Waals surface area contributed by atoms with E-state index in [-0.39, 0.29) is 18.2 Å². The smallest absolute Gasteiger partial charge is 0.129 e. The molecule has 3 rings (SSSR count). The highest BCUT2D eigenvalue weighted by Crippen LogP contribution is 2.36. The van der Waals surface area contributed by atoms with Gasteiger partial charge < -0.3 is 5.32 Å². The van der Waals surface area contributed by atoms with Gasteiger partial charge in [0.25, 0.3) is 0 Å². The van der Waals surface area contributed by atoms with Gasteiger partial charge in [-0.2, -0.15) is 0 Å². The molecule has 0 radical (unpaired) electrons. The highest BCUT2D eigenvalue weighted by molar-refractivity contribution is 6.30. The van der Waals surface area contributed by atoms with E-state index in [1.165, 1.54) is 18.9 Å². The minimum atomic E-state index is -0.187. The summed E-state index contributed by atoms with van der Waals surface area (Å²) in [4.78, 5) is 2.36. The summed E-state index contributed by atoms with van der Waals surface area (Å²) in [6, 6.07) is 4.97. The molecule has 1 unspecified atom stereocenters. The van der Waals surface area contributed by atoms with Gasteiger partial charge in [-0.15, -0.1) is 12.4 Å². The van der Waals surface area contributed by atoms with Crippen LogP contribution >= 0.6 is 24.0 Å². The molecule has 2 heterocycles. The third-order valence-electron chi connectivity index (χ3n) is 4.26. The van der Waals surface area contributed by atoms with Gasteiger partial charge in [0.05, 0.1) is 0 Å². The number of nitrogens with one attached hydrogen (secondary N) is 1. The van der Waals surface area contributed by atoms with E-state index in [1.807, 2.05) is 0 Å². The van der Waals surface area contributed by atoms with Crippen molar-refractivity contribution in [2.75, 3.05) is 26.2 Å². The maximum atomic E-state index is 13.7. The molecule has 106 valence electrons. The van der Waals surface area contributed by atoms with E-state index in [4.69, 9.17) is 11.6 Å². The lowest BCUT2D eigenvalue weighted by Gasteiger charge is -2.23. The molecule has 0 bridgehead atoms. The Morgan fingerprint density at radius 3 is 2.89 bits per heavy atom. The van der Waals surface area contributed by atoms with Crippen LogP contribution in [0.25, 0.3) is 0 Å². The maximum absolute atomic E-state index is 13.7. The van der Waals surface area contributed by atoms with Crippen LogP contribution < -0.4 is 5.32 Å². The first-order valence-corrected chi connectivity index (χ1v) is 6.92. The van der Waals surface area contributed by atoms with Crippen molar-refractivity contribution >= 4 is 24.0 Å². The highest BCUT2D eigenvalue weighted by Gasteiger charge is 2.40. The summed E-state index contributed by atoms with van der Waals surface area (Å²) in [6.07, 6.45) is 2.49. The maximum Gasteiger partial charge on any atom is 0.129 e. The first-order valence-electron chi connectivity index (χ1n) is 6.54. The van der Waals surface area contributed by atoms with Crippen molar-refractivity contribution in [2.45, 2.75) is 19.4 Å². The van der Waals surface area contributed by atoms with E-state index in [9.17, 15) is 4.39 Å². The molecule has 2 nitrogen and oxygen atoms in total. The SMILES string of the molecule is Cl.Fc1cc(Cl)ccc1CN1CCC2(CCNC2)C1. The molecule has 0 saturated carbocycles. The molecule has 1 N–H and O–H groups in total. The molecule has 1 atom stereocenters. The van der Waals surface area contributed by atoms with Gasteiger partial charge in [-0.05, 0) is 43.5 Å². The lowest BCUT2D eigenvalue weighted by atomic mass is 9.86. The number of benzene rings is 1. The van der Waals surface area contributed by atoms with Crippen LogP contribution in [0, 0.1) is 11.2 Å². The molecule has 0 aliphatic carbocycles. The summed E-state index contributed by atoms with van der Waals surface area (Å²) >= 11 is 5.77. The minimum absolute atomic E-state index is 0. The Bertz CT molecular complexity index is 447. The number of nitrogens with zero attached hydrogens (tertiary/aromatic N) is 1. The van der Waals surface area contributed by atoms with Gasteiger partial charge in [0.15, 0.2) is 0 Å². The van der Waals surface area contributed by atoms with Crippen molar-refractivity contribution in [3.8, 4) is 0 Å². The van der Waals surface area contributed by atoms with E-state index < -0.39 is 0 Å². The topological polar surface area (TPSA) is 15.3 Å². The lowest BCUT2D eigenvalue weighted by molar-refractivity contribution is 0.266. The summed E-state index contributed by atoms with van der Waals surface area (Å²) in [5.74, 6) is -0.187. The second kappa shape index (κ2) is 5.96. The summed E-state index contributed by atoms with van der Waals surface area (Å²) in [5.41, 5.74) is 1.20. The molecule has 1 aromatic carbocycles. The van der Waals surface area contributed by atoms with Crippen LogP contribution in [0.5, 0.6) is 0 Å². The standard InChI is InChI=1S/C14H18ClFN2.ClH/c15-12-2-1-11(13(16)7-12)8-18-6-4-14(10-18)3-5-17-9-14;/h1-2,7,17H,3-6,8-10H2;1H. The molecule has 0 amide bonds. The third kappa shape index (κ3) is 3.22. The van der Waals surface area contributed by atoms with Crippen molar-refractivity contribution in [1.29, 1.82) is 0 Å². The number of rotatable bonds is 2. The van der Waals surface area contributed by atoms with Crippen molar-refractivity contribution in [2.24, 2.45) is 5.41 Å². The average molecular weight is 305 g/mol. The van der Waals surface area contributed by atoms with Crippen molar-refractivity contribution in [3.63, 3.8) is 0 Å². The van der Waals surface area contributed by atoms with Crippen molar-refractivity contribution in [3.05, 3.63) is 34.6 Å². The largest absolute Gasteiger partial charge is 0.316 e. The van der Waals surface area contributed by atoms with Crippen LogP contribution in [-0.4, -0.2) is 31.1 Å². The summed E-state index contributed by atoms with van der Waals surface area (Å²) in [6.45, 7) is 5.10. The lowest BCUT2D eigenvalue weighted by Crippen LogP contribution is -2.29. The van der Waals surface area contributed by atoms with Gasteiger partial charge in [-0.1, -0.05) is 17.7 Å². The van der Waals surface area contributed by atoms with Crippen LogP contribution in [0.4, 0.5) is 4.39 Å². The molecule has 0 aromatic heterocycles. The first kappa shape index (κ1) is 15.0. The van der Waals surface area contributed by atoms with Crippen molar-refractivity contribution < 1.29 is 4.39 Å². The van der Waals surface area contributed by atoms with Gasteiger partial charge >= 0.3 is 0 Å². The molecular formula is C14H19Cl2FN2. The predicted molar refractivity (Wildman–Crippen MR) is 78.5 cm³/mol. The van der Waals surface area contributed by atoms with Crippen LogP contribution in [0.1, 0.15) is 18.4 Å². The van der Waals surface area contributed by atoms with E-state index in [2.05, 4.69) is 10.2 Å². The van der Waals surface area contributed by atoms with E-state index in [0.29, 0.717) is 17.0 Å². The number of likely N-dealkylation sites (tertiary alicyclic amines) is 1. The Balaban J connectivity index is 0.00000133. The number of halogens is 3. The molecule has 19 heavy (non-hydrogen) atoms. The fourth-order valence-electron chi connectivity index (χ4n) is 3.20. The normalized spacial score (nSPS) is 26.8. The van der Waals surface area contributed by atoms with Gasteiger partial charge in [0, 0.05) is 30.2 Å². The zero-order chi connectivity index (χ0) is 12.6. The Labute approximate surface area is 124 Å². The van der Waals surface area contributed by atoms with Crippen LogP contribution in [0.3, 0.4) is 0 Å². The Hall–Kier alpha value is -0.350. The number of hydrogen-bond donors (Lipinski definition) is 1. The zero-order valence-corrected chi connectivity index (χ0v) is 12.4. The zero-order valence-electron chi connectivity index (χ0n) is 10.8. The molecule has 1 aromatic rings. The minimum Gasteiger partial charge on any atom is -0.316 e. The highest BCUT2D eigenvalue weighted by atomic mass is 35.5. The molecular weight excluding hydrogens is 286 g/mol. The molecule has 2 saturated heterocycles. The summed E-state index contributed by atoms with van der Waals surface area (Å²) in [5, 5.41) is 3.91. The molecule has 5 heteroatoms. The van der Waals surface area contributed by atoms with E-state index in [0.717, 1.165) is 31.7 Å². The van der Waals surface area contributed by atoms with Gasteiger partial charge in [0.1, 0.15) is 5.82 Å². The molecule has 2 fully saturated rings. The van der Waals surface area contributed by atoms with Crippen molar-refractivity contribution in [1.82, 2.24) is 10.2 Å². The Morgan fingerprint density at radius 2 is 2.21 bits per heavy atom. The molecule has 2 aliphatic rings. The fraction of sp³-hybridized carbons (Fsp3) is 0.571. The van der Waals surface area contributed by atoms with Crippen LogP contribution in [-0.2, 0) is 6.54 Å². The van der Waals surface area contributed by atoms with E-state index in [1.54, 1.807) is 12.1 Å². The van der Waals surface area contributed by atoms with Crippen LogP contribution in [0.15, 0.2) is 18.2 Å². The summed E-state index contributed by atoms with van der Waals surface area (Å²) < 4.78 is 13.7. The summed E-state index contributed by atoms with van der Waals surface area (Å²) in [7, 11) is 0. The second-order valence-electron chi connectivity index (χ2n) is 5.62. The second-order valence-corrected chi connectivity index (χ2v) is 6.06. The van der Waals surface area contributed by atoms with Gasteiger partial charge in [-0.3, -0.25) is 4.90 Å². The van der Waals surface area contributed by atoms with E-state index >= 15 is 0 Å². The average Bonchev–Trinajstić information content (AvgIpc) is 2.94.